The van der Waals surface area contributed by atoms with E-state index >= 15 is 0 Å². The minimum Gasteiger partial charge on any atom is -0.478 e. The Morgan fingerprint density at radius 2 is 1.89 bits per heavy atom. The first kappa shape index (κ1) is 13.1. The fourth-order valence-corrected chi connectivity index (χ4v) is 1.56. The lowest BCUT2D eigenvalue weighted by Crippen LogP contribution is -2.00. The molecular weight excluding hydrogens is 241 g/mol. The van der Waals surface area contributed by atoms with Gasteiger partial charge in [-0.3, -0.25) is 0 Å². The number of hydrogen-bond acceptors (Lipinski definition) is 2. The number of hydrogen-bond donors (Lipinski definition) is 1. The summed E-state index contributed by atoms with van der Waals surface area (Å²) >= 11 is 0. The Balaban J connectivity index is 1.95. The van der Waals surface area contributed by atoms with Crippen molar-refractivity contribution in [1.29, 1.82) is 0 Å². The highest BCUT2D eigenvalue weighted by Crippen LogP contribution is 2.17. The molecule has 96 valence electrons. The number of benzene rings is 2. The van der Waals surface area contributed by atoms with Crippen molar-refractivity contribution >= 4 is 0 Å². The van der Waals surface area contributed by atoms with Gasteiger partial charge in [0.1, 0.15) is 6.61 Å². The van der Waals surface area contributed by atoms with Crippen molar-refractivity contribution in [3.63, 3.8) is 0 Å². The fraction of sp³-hybridized carbons (Fsp3) is 0.125. The first-order valence-corrected chi connectivity index (χ1v) is 5.95. The summed E-state index contributed by atoms with van der Waals surface area (Å²) in [7, 11) is 0. The second-order valence-corrected chi connectivity index (χ2v) is 3.93. The van der Waals surface area contributed by atoms with Crippen molar-refractivity contribution in [1.82, 2.24) is 0 Å². The highest BCUT2D eigenvalue weighted by atomic mass is 19.1. The van der Waals surface area contributed by atoms with E-state index in [1.165, 1.54) is 6.07 Å². The van der Waals surface area contributed by atoms with E-state index in [0.717, 1.165) is 11.1 Å². The molecule has 0 saturated heterocycles. The average molecular weight is 255 g/mol. The van der Waals surface area contributed by atoms with E-state index in [1.807, 2.05) is 30.3 Å². The van der Waals surface area contributed by atoms with Gasteiger partial charge in [-0.05, 0) is 29.8 Å². The SMILES string of the molecule is NCc1ccc(OCC#Cc2ccccc2)c(F)c1. The minimum absolute atomic E-state index is 0.147. The molecule has 0 saturated carbocycles. The quantitative estimate of drug-likeness (QED) is 0.856. The number of ether oxygens (including phenoxy) is 1. The molecule has 0 unspecified atom stereocenters. The molecule has 0 amide bonds. The molecule has 19 heavy (non-hydrogen) atoms. The third kappa shape index (κ3) is 3.84. The molecule has 0 bridgehead atoms. The lowest BCUT2D eigenvalue weighted by molar-refractivity contribution is 0.348. The highest BCUT2D eigenvalue weighted by Gasteiger charge is 2.02. The molecule has 0 aliphatic carbocycles. The van der Waals surface area contributed by atoms with Crippen molar-refractivity contribution in [3.05, 3.63) is 65.5 Å². The van der Waals surface area contributed by atoms with Crippen LogP contribution >= 0.6 is 0 Å². The van der Waals surface area contributed by atoms with E-state index < -0.39 is 5.82 Å². The molecule has 3 heteroatoms. The standard InChI is InChI=1S/C16H14FNO/c17-15-11-14(12-18)8-9-16(15)19-10-4-7-13-5-2-1-3-6-13/h1-3,5-6,8-9,11H,10,12,18H2. The number of halogens is 1. The van der Waals surface area contributed by atoms with Crippen molar-refractivity contribution < 1.29 is 9.13 Å². The predicted molar refractivity (Wildman–Crippen MR) is 73.1 cm³/mol. The lowest BCUT2D eigenvalue weighted by atomic mass is 10.2. The molecule has 2 aromatic rings. The van der Waals surface area contributed by atoms with E-state index in [-0.39, 0.29) is 12.4 Å². The normalized spacial score (nSPS) is 9.58. The van der Waals surface area contributed by atoms with E-state index in [2.05, 4.69) is 11.8 Å². The van der Waals surface area contributed by atoms with Crippen LogP contribution in [0.25, 0.3) is 0 Å². The summed E-state index contributed by atoms with van der Waals surface area (Å²) < 4.78 is 18.8. The molecule has 0 aliphatic rings. The summed E-state index contributed by atoms with van der Waals surface area (Å²) in [6.45, 7) is 0.457. The van der Waals surface area contributed by atoms with Crippen molar-refractivity contribution in [2.24, 2.45) is 5.73 Å². The summed E-state index contributed by atoms with van der Waals surface area (Å²) in [4.78, 5) is 0. The van der Waals surface area contributed by atoms with Crippen LogP contribution in [0, 0.1) is 17.7 Å². The molecule has 0 atom stereocenters. The number of rotatable bonds is 3. The van der Waals surface area contributed by atoms with Gasteiger partial charge in [0, 0.05) is 12.1 Å². The molecular formula is C16H14FNO. The molecule has 0 fully saturated rings. The van der Waals surface area contributed by atoms with Gasteiger partial charge in [-0.25, -0.2) is 4.39 Å². The third-order valence-electron chi connectivity index (χ3n) is 2.54. The van der Waals surface area contributed by atoms with Gasteiger partial charge in [0.2, 0.25) is 0 Å². The fourth-order valence-electron chi connectivity index (χ4n) is 1.56. The van der Waals surface area contributed by atoms with Gasteiger partial charge in [0.25, 0.3) is 0 Å². The van der Waals surface area contributed by atoms with Crippen LogP contribution in [0.5, 0.6) is 5.75 Å². The molecule has 2 aromatic carbocycles. The zero-order valence-corrected chi connectivity index (χ0v) is 10.4. The van der Waals surface area contributed by atoms with E-state index in [0.29, 0.717) is 6.54 Å². The molecule has 2 N–H and O–H groups in total. The molecule has 0 spiro atoms. The maximum Gasteiger partial charge on any atom is 0.165 e. The van der Waals surface area contributed by atoms with Crippen LogP contribution in [0.1, 0.15) is 11.1 Å². The third-order valence-corrected chi connectivity index (χ3v) is 2.54. The van der Waals surface area contributed by atoms with Crippen LogP contribution in [0.15, 0.2) is 48.5 Å². The van der Waals surface area contributed by atoms with Crippen LogP contribution in [0.2, 0.25) is 0 Å². The summed E-state index contributed by atoms with van der Waals surface area (Å²) in [5.41, 5.74) is 7.07. The van der Waals surface area contributed by atoms with Crippen LogP contribution in [0.4, 0.5) is 4.39 Å². The van der Waals surface area contributed by atoms with Crippen LogP contribution in [0.3, 0.4) is 0 Å². The summed E-state index contributed by atoms with van der Waals surface area (Å²) in [6.07, 6.45) is 0. The average Bonchev–Trinajstić information content (AvgIpc) is 2.46. The molecule has 0 heterocycles. The molecule has 2 rings (SSSR count). The van der Waals surface area contributed by atoms with E-state index in [4.69, 9.17) is 10.5 Å². The molecule has 0 radical (unpaired) electrons. The maximum atomic E-state index is 13.6. The van der Waals surface area contributed by atoms with Gasteiger partial charge in [0.15, 0.2) is 11.6 Å². The Hall–Kier alpha value is -2.31. The molecule has 0 aliphatic heterocycles. The summed E-state index contributed by atoms with van der Waals surface area (Å²) in [5, 5.41) is 0. The first-order chi connectivity index (χ1) is 9.29. The first-order valence-electron chi connectivity index (χ1n) is 5.95. The van der Waals surface area contributed by atoms with E-state index in [1.54, 1.807) is 12.1 Å². The lowest BCUT2D eigenvalue weighted by Gasteiger charge is -2.04. The van der Waals surface area contributed by atoms with Gasteiger partial charge < -0.3 is 10.5 Å². The molecule has 0 aromatic heterocycles. The Morgan fingerprint density at radius 1 is 1.11 bits per heavy atom. The highest BCUT2D eigenvalue weighted by molar-refractivity contribution is 5.34. The largest absolute Gasteiger partial charge is 0.478 e. The summed E-state index contributed by atoms with van der Waals surface area (Å²) in [5.74, 6) is 5.56. The zero-order chi connectivity index (χ0) is 13.5. The smallest absolute Gasteiger partial charge is 0.165 e. The zero-order valence-electron chi connectivity index (χ0n) is 10.4. The Morgan fingerprint density at radius 3 is 2.58 bits per heavy atom. The summed E-state index contributed by atoms with van der Waals surface area (Å²) in [6, 6.07) is 14.3. The Bertz CT molecular complexity index is 599. The van der Waals surface area contributed by atoms with Crippen LogP contribution in [-0.2, 0) is 6.54 Å². The topological polar surface area (TPSA) is 35.2 Å². The van der Waals surface area contributed by atoms with Crippen LogP contribution in [-0.4, -0.2) is 6.61 Å². The van der Waals surface area contributed by atoms with Gasteiger partial charge >= 0.3 is 0 Å². The van der Waals surface area contributed by atoms with Gasteiger partial charge in [-0.15, -0.1) is 0 Å². The maximum absolute atomic E-state index is 13.6. The van der Waals surface area contributed by atoms with Crippen LogP contribution < -0.4 is 10.5 Å². The van der Waals surface area contributed by atoms with E-state index in [9.17, 15) is 4.39 Å². The predicted octanol–water partition coefficient (Wildman–Crippen LogP) is 2.71. The second kappa shape index (κ2) is 6.58. The molecule has 2 nitrogen and oxygen atoms in total. The van der Waals surface area contributed by atoms with Gasteiger partial charge in [-0.1, -0.05) is 36.1 Å². The Kier molecular flexibility index (Phi) is 4.54. The van der Waals surface area contributed by atoms with Crippen molar-refractivity contribution in [3.8, 4) is 17.6 Å². The van der Waals surface area contributed by atoms with Crippen molar-refractivity contribution in [2.45, 2.75) is 6.54 Å². The van der Waals surface area contributed by atoms with Gasteiger partial charge in [-0.2, -0.15) is 0 Å². The monoisotopic (exact) mass is 255 g/mol. The van der Waals surface area contributed by atoms with Gasteiger partial charge in [0.05, 0.1) is 0 Å². The van der Waals surface area contributed by atoms with Crippen molar-refractivity contribution in [2.75, 3.05) is 6.61 Å². The Labute approximate surface area is 112 Å². The second-order valence-electron chi connectivity index (χ2n) is 3.93. The number of nitrogens with two attached hydrogens (primary N) is 1. The minimum atomic E-state index is -0.413.